The van der Waals surface area contributed by atoms with Crippen molar-refractivity contribution in [3.63, 3.8) is 0 Å². The number of rotatable bonds is 10. The summed E-state index contributed by atoms with van der Waals surface area (Å²) in [5, 5.41) is 13.2. The van der Waals surface area contributed by atoms with Crippen molar-refractivity contribution in [2.24, 2.45) is 0 Å². The first-order valence-electron chi connectivity index (χ1n) is 11.8. The molecule has 176 valence electrons. The highest BCUT2D eigenvalue weighted by molar-refractivity contribution is 7.17. The van der Waals surface area contributed by atoms with Gasteiger partial charge in [-0.15, -0.1) is 17.9 Å². The van der Waals surface area contributed by atoms with E-state index in [4.69, 9.17) is 9.72 Å². The van der Waals surface area contributed by atoms with Gasteiger partial charge in [0.2, 0.25) is 0 Å². The molecule has 1 aromatic carbocycles. The molecule has 2 heterocycles. The van der Waals surface area contributed by atoms with Gasteiger partial charge in [0.05, 0.1) is 25.1 Å². The minimum absolute atomic E-state index is 0.120. The fourth-order valence-electron chi connectivity index (χ4n) is 4.72. The second kappa shape index (κ2) is 11.1. The lowest BCUT2D eigenvalue weighted by molar-refractivity contribution is 0.0622. The van der Waals surface area contributed by atoms with Crippen LogP contribution in [-0.4, -0.2) is 45.8 Å². The third-order valence-corrected chi connectivity index (χ3v) is 7.34. The van der Waals surface area contributed by atoms with Crippen LogP contribution < -0.4 is 10.3 Å². The summed E-state index contributed by atoms with van der Waals surface area (Å²) >= 11 is 1.49. The maximum Gasteiger partial charge on any atom is 0.260 e. The maximum absolute atomic E-state index is 13.1. The Morgan fingerprint density at radius 1 is 1.36 bits per heavy atom. The van der Waals surface area contributed by atoms with Crippen LogP contribution in [-0.2, 0) is 6.54 Å². The quantitative estimate of drug-likeness (QED) is 0.405. The smallest absolute Gasteiger partial charge is 0.260 e. The normalized spacial score (nSPS) is 15.7. The Morgan fingerprint density at radius 3 is 2.94 bits per heavy atom. The number of nitrogens with one attached hydrogen (secondary N) is 1. The van der Waals surface area contributed by atoms with Gasteiger partial charge in [0, 0.05) is 23.5 Å². The van der Waals surface area contributed by atoms with Crippen LogP contribution in [0.2, 0.25) is 0 Å². The van der Waals surface area contributed by atoms with E-state index in [1.165, 1.54) is 30.6 Å². The molecular weight excluding hydrogens is 434 g/mol. The molecule has 1 saturated carbocycles. The van der Waals surface area contributed by atoms with Gasteiger partial charge in [0.25, 0.3) is 5.56 Å². The number of methoxy groups -OCH3 is 1. The van der Waals surface area contributed by atoms with Crippen molar-refractivity contribution in [3.8, 4) is 16.9 Å². The number of allylic oxidation sites excluding steroid dienone is 1. The van der Waals surface area contributed by atoms with E-state index in [0.29, 0.717) is 36.8 Å². The Balaban J connectivity index is 1.60. The van der Waals surface area contributed by atoms with E-state index in [-0.39, 0.29) is 5.56 Å². The number of fused-ring (bicyclic) bond motifs is 1. The van der Waals surface area contributed by atoms with Crippen molar-refractivity contribution in [2.45, 2.75) is 63.6 Å². The van der Waals surface area contributed by atoms with Crippen LogP contribution in [0.25, 0.3) is 21.3 Å². The average Bonchev–Trinajstić information content (AvgIpc) is 3.27. The van der Waals surface area contributed by atoms with E-state index in [1.807, 2.05) is 35.7 Å². The van der Waals surface area contributed by atoms with E-state index >= 15 is 0 Å². The van der Waals surface area contributed by atoms with Gasteiger partial charge in [-0.25, -0.2) is 4.98 Å². The molecule has 0 radical (unpaired) electrons. The van der Waals surface area contributed by atoms with Gasteiger partial charge in [-0.3, -0.25) is 9.69 Å². The van der Waals surface area contributed by atoms with Gasteiger partial charge >= 0.3 is 0 Å². The van der Waals surface area contributed by atoms with Crippen LogP contribution >= 0.6 is 11.3 Å². The van der Waals surface area contributed by atoms with Gasteiger partial charge in [0.15, 0.2) is 0 Å². The van der Waals surface area contributed by atoms with Gasteiger partial charge < -0.3 is 14.8 Å². The molecule has 3 aromatic rings. The molecule has 1 fully saturated rings. The van der Waals surface area contributed by atoms with Crippen molar-refractivity contribution in [1.29, 1.82) is 0 Å². The lowest BCUT2D eigenvalue weighted by Gasteiger charge is -2.35. The first-order valence-corrected chi connectivity index (χ1v) is 12.6. The zero-order chi connectivity index (χ0) is 23.2. The predicted octanol–water partition coefficient (Wildman–Crippen LogP) is 5.12. The Bertz CT molecular complexity index is 1130. The molecule has 0 aliphatic heterocycles. The van der Waals surface area contributed by atoms with Crippen LogP contribution in [0.4, 0.5) is 0 Å². The fourth-order valence-corrected chi connectivity index (χ4v) is 5.69. The summed E-state index contributed by atoms with van der Waals surface area (Å²) < 4.78 is 5.34. The van der Waals surface area contributed by atoms with Crippen LogP contribution in [0.3, 0.4) is 0 Å². The number of hydrogen-bond donors (Lipinski definition) is 2. The Kier molecular flexibility index (Phi) is 7.96. The first-order chi connectivity index (χ1) is 16.1. The highest BCUT2D eigenvalue weighted by Crippen LogP contribution is 2.32. The highest BCUT2D eigenvalue weighted by atomic mass is 32.1. The van der Waals surface area contributed by atoms with Crippen LogP contribution in [0.15, 0.2) is 47.1 Å². The molecule has 0 bridgehead atoms. The summed E-state index contributed by atoms with van der Waals surface area (Å²) in [6.45, 7) is 4.88. The molecule has 0 spiro atoms. The number of nitrogens with zero attached hydrogens (tertiary/aromatic N) is 2. The SMILES string of the molecule is C=CCCC(O)CN(Cc1nc2scc(-c3cccc(OC)c3)c2c(=O)[nH]1)C1CCCCC1. The predicted molar refractivity (Wildman–Crippen MR) is 135 cm³/mol. The van der Waals surface area contributed by atoms with Crippen molar-refractivity contribution in [2.75, 3.05) is 13.7 Å². The highest BCUT2D eigenvalue weighted by Gasteiger charge is 2.24. The van der Waals surface area contributed by atoms with E-state index in [0.717, 1.165) is 41.0 Å². The molecule has 6 nitrogen and oxygen atoms in total. The van der Waals surface area contributed by atoms with Gasteiger partial charge in [-0.1, -0.05) is 37.5 Å². The van der Waals surface area contributed by atoms with Crippen molar-refractivity contribution in [1.82, 2.24) is 14.9 Å². The number of aromatic nitrogens is 2. The van der Waals surface area contributed by atoms with Crippen molar-refractivity contribution < 1.29 is 9.84 Å². The second-order valence-corrected chi connectivity index (χ2v) is 9.67. The zero-order valence-corrected chi connectivity index (χ0v) is 20.1. The number of ether oxygens (including phenoxy) is 1. The number of aliphatic hydroxyl groups excluding tert-OH is 1. The monoisotopic (exact) mass is 467 g/mol. The molecule has 0 saturated heterocycles. The Hall–Kier alpha value is -2.48. The molecular formula is C26H33N3O3S. The number of hydrogen-bond acceptors (Lipinski definition) is 6. The van der Waals surface area contributed by atoms with E-state index in [9.17, 15) is 9.90 Å². The molecule has 7 heteroatoms. The van der Waals surface area contributed by atoms with Gasteiger partial charge in [0.1, 0.15) is 16.4 Å². The maximum atomic E-state index is 13.1. The number of H-pyrrole nitrogens is 1. The second-order valence-electron chi connectivity index (χ2n) is 8.82. The molecule has 2 aromatic heterocycles. The Labute approximate surface area is 198 Å². The average molecular weight is 468 g/mol. The molecule has 1 atom stereocenters. The van der Waals surface area contributed by atoms with E-state index in [1.54, 1.807) is 7.11 Å². The molecule has 1 unspecified atom stereocenters. The number of thiophene rings is 1. The van der Waals surface area contributed by atoms with Crippen molar-refractivity contribution in [3.05, 3.63) is 58.5 Å². The van der Waals surface area contributed by atoms with Crippen LogP contribution in [0, 0.1) is 0 Å². The van der Waals surface area contributed by atoms with Gasteiger partial charge in [-0.2, -0.15) is 0 Å². The molecule has 1 aliphatic rings. The lowest BCUT2D eigenvalue weighted by atomic mass is 9.93. The van der Waals surface area contributed by atoms with Crippen LogP contribution in [0.5, 0.6) is 5.75 Å². The van der Waals surface area contributed by atoms with Gasteiger partial charge in [-0.05, 0) is 43.4 Å². The third kappa shape index (κ3) is 5.72. The number of aliphatic hydroxyl groups is 1. The summed E-state index contributed by atoms with van der Waals surface area (Å²) in [6.07, 6.45) is 8.86. The molecule has 2 N–H and O–H groups in total. The number of benzene rings is 1. The molecule has 4 rings (SSSR count). The summed E-state index contributed by atoms with van der Waals surface area (Å²) in [5.74, 6) is 1.42. The number of aromatic amines is 1. The summed E-state index contributed by atoms with van der Waals surface area (Å²) in [7, 11) is 1.64. The minimum atomic E-state index is -0.415. The largest absolute Gasteiger partial charge is 0.497 e. The summed E-state index contributed by atoms with van der Waals surface area (Å²) in [5.41, 5.74) is 1.69. The fraction of sp³-hybridized carbons (Fsp3) is 0.462. The molecule has 0 amide bonds. The van der Waals surface area contributed by atoms with E-state index < -0.39 is 6.10 Å². The first kappa shape index (κ1) is 23.7. The summed E-state index contributed by atoms with van der Waals surface area (Å²) in [6, 6.07) is 8.14. The van der Waals surface area contributed by atoms with Crippen LogP contribution in [0.1, 0.15) is 50.8 Å². The van der Waals surface area contributed by atoms with E-state index in [2.05, 4.69) is 16.5 Å². The minimum Gasteiger partial charge on any atom is -0.497 e. The molecule has 1 aliphatic carbocycles. The standard InChI is InChI=1S/C26H33N3O3S/c1-3-4-12-20(30)15-29(19-10-6-5-7-11-19)16-23-27-25(31)24-22(17-33-26(24)28-23)18-9-8-13-21(14-18)32-2/h3,8-9,13-14,17,19-20,30H,1,4-7,10-12,15-16H2,2H3,(H,27,28,31). The topological polar surface area (TPSA) is 78.5 Å². The molecule has 33 heavy (non-hydrogen) atoms. The lowest BCUT2D eigenvalue weighted by Crippen LogP contribution is -2.41. The Morgan fingerprint density at radius 2 is 2.18 bits per heavy atom. The van der Waals surface area contributed by atoms with Crippen molar-refractivity contribution >= 4 is 21.6 Å². The summed E-state index contributed by atoms with van der Waals surface area (Å²) in [4.78, 5) is 24.0. The third-order valence-electron chi connectivity index (χ3n) is 6.47. The zero-order valence-electron chi connectivity index (χ0n) is 19.3.